The van der Waals surface area contributed by atoms with E-state index in [-0.39, 0.29) is 17.9 Å². The van der Waals surface area contributed by atoms with Crippen LogP contribution in [-0.2, 0) is 17.8 Å². The molecule has 1 unspecified atom stereocenters. The summed E-state index contributed by atoms with van der Waals surface area (Å²) in [6.45, 7) is 6.90. The molecule has 1 aromatic heterocycles. The van der Waals surface area contributed by atoms with Gasteiger partial charge in [-0.1, -0.05) is 36.4 Å². The number of carbonyl (C=O) groups excluding carboxylic acids is 1. The first-order valence-corrected chi connectivity index (χ1v) is 11.1. The fourth-order valence-electron chi connectivity index (χ4n) is 4.28. The van der Waals surface area contributed by atoms with Crippen molar-refractivity contribution < 1.29 is 4.79 Å². The summed E-state index contributed by atoms with van der Waals surface area (Å²) in [5.41, 5.74) is 4.69. The molecule has 4 rings (SSSR count). The van der Waals surface area contributed by atoms with Gasteiger partial charge in [0.25, 0.3) is 0 Å². The third-order valence-electron chi connectivity index (χ3n) is 6.12. The van der Waals surface area contributed by atoms with Crippen LogP contribution in [0, 0.1) is 12.8 Å². The second-order valence-corrected chi connectivity index (χ2v) is 8.69. The molecule has 2 aromatic carbocycles. The predicted molar refractivity (Wildman–Crippen MR) is 121 cm³/mol. The molecule has 5 nitrogen and oxygen atoms in total. The maximum atomic E-state index is 12.7. The van der Waals surface area contributed by atoms with E-state index in [1.54, 1.807) is 0 Å². The van der Waals surface area contributed by atoms with Crippen molar-refractivity contribution in [2.45, 2.75) is 52.1 Å². The average Bonchev–Trinajstić information content (AvgIpc) is 3.14. The number of piperidine rings is 1. The van der Waals surface area contributed by atoms with E-state index in [4.69, 9.17) is 4.98 Å². The molecule has 3 aromatic rings. The van der Waals surface area contributed by atoms with Gasteiger partial charge in [0.05, 0.1) is 17.6 Å². The van der Waals surface area contributed by atoms with Crippen LogP contribution in [0.1, 0.15) is 43.1 Å². The van der Waals surface area contributed by atoms with E-state index in [9.17, 15) is 4.79 Å². The maximum absolute atomic E-state index is 12.7. The van der Waals surface area contributed by atoms with E-state index >= 15 is 0 Å². The van der Waals surface area contributed by atoms with Gasteiger partial charge in [-0.25, -0.2) is 4.98 Å². The number of fused-ring (bicyclic) bond motifs is 1. The molecule has 1 fully saturated rings. The van der Waals surface area contributed by atoms with Crippen molar-refractivity contribution in [2.24, 2.45) is 5.92 Å². The number of likely N-dealkylation sites (tertiary alicyclic amines) is 1. The quantitative estimate of drug-likeness (QED) is 0.620. The highest BCUT2D eigenvalue weighted by Crippen LogP contribution is 2.20. The van der Waals surface area contributed by atoms with Gasteiger partial charge < -0.3 is 10.3 Å². The highest BCUT2D eigenvalue weighted by atomic mass is 16.1. The SMILES string of the molecule is Cc1ccc2nc(CN3CCC(C(=O)NC(C)CCc4ccccc4)CC3)[nH]c2c1. The van der Waals surface area contributed by atoms with Crippen molar-refractivity contribution in [1.82, 2.24) is 20.2 Å². The molecule has 2 heterocycles. The lowest BCUT2D eigenvalue weighted by molar-refractivity contribution is -0.127. The number of rotatable bonds is 7. The number of aromatic amines is 1. The van der Waals surface area contributed by atoms with E-state index in [1.165, 1.54) is 11.1 Å². The molecular weight excluding hydrogens is 372 g/mol. The van der Waals surface area contributed by atoms with Crippen molar-refractivity contribution in [3.8, 4) is 0 Å². The summed E-state index contributed by atoms with van der Waals surface area (Å²) in [5, 5.41) is 3.23. The number of H-pyrrole nitrogens is 1. The van der Waals surface area contributed by atoms with Crippen LogP contribution in [0.25, 0.3) is 11.0 Å². The zero-order chi connectivity index (χ0) is 20.9. The van der Waals surface area contributed by atoms with Crippen molar-refractivity contribution in [3.05, 3.63) is 65.5 Å². The van der Waals surface area contributed by atoms with Crippen LogP contribution >= 0.6 is 0 Å². The van der Waals surface area contributed by atoms with Crippen LogP contribution in [0.4, 0.5) is 0 Å². The lowest BCUT2D eigenvalue weighted by Crippen LogP contribution is -2.43. The highest BCUT2D eigenvalue weighted by Gasteiger charge is 2.26. The molecule has 2 N–H and O–H groups in total. The van der Waals surface area contributed by atoms with Gasteiger partial charge in [0, 0.05) is 12.0 Å². The third kappa shape index (κ3) is 5.28. The topological polar surface area (TPSA) is 61.0 Å². The summed E-state index contributed by atoms with van der Waals surface area (Å²) >= 11 is 0. The van der Waals surface area contributed by atoms with Gasteiger partial charge in [0.2, 0.25) is 5.91 Å². The Balaban J connectivity index is 1.22. The minimum Gasteiger partial charge on any atom is -0.353 e. The highest BCUT2D eigenvalue weighted by molar-refractivity contribution is 5.79. The van der Waals surface area contributed by atoms with Crippen LogP contribution < -0.4 is 5.32 Å². The molecule has 1 aliphatic rings. The number of imidazole rings is 1. The second kappa shape index (κ2) is 9.43. The fourth-order valence-corrected chi connectivity index (χ4v) is 4.28. The molecule has 1 saturated heterocycles. The van der Waals surface area contributed by atoms with Gasteiger partial charge in [0.15, 0.2) is 0 Å². The Labute approximate surface area is 178 Å². The lowest BCUT2D eigenvalue weighted by Gasteiger charge is -2.31. The van der Waals surface area contributed by atoms with Gasteiger partial charge in [-0.15, -0.1) is 0 Å². The summed E-state index contributed by atoms with van der Waals surface area (Å²) < 4.78 is 0. The van der Waals surface area contributed by atoms with Gasteiger partial charge in [-0.05, 0) is 75.9 Å². The summed E-state index contributed by atoms with van der Waals surface area (Å²) in [7, 11) is 0. The summed E-state index contributed by atoms with van der Waals surface area (Å²) in [5.74, 6) is 1.35. The number of carbonyl (C=O) groups is 1. The Bertz CT molecular complexity index is 973. The van der Waals surface area contributed by atoms with Gasteiger partial charge in [0.1, 0.15) is 5.82 Å². The van der Waals surface area contributed by atoms with Crippen molar-refractivity contribution in [3.63, 3.8) is 0 Å². The molecule has 5 heteroatoms. The van der Waals surface area contributed by atoms with E-state index in [0.29, 0.717) is 0 Å². The monoisotopic (exact) mass is 404 g/mol. The second-order valence-electron chi connectivity index (χ2n) is 8.69. The molecule has 158 valence electrons. The smallest absolute Gasteiger partial charge is 0.223 e. The Morgan fingerprint density at radius 2 is 1.97 bits per heavy atom. The van der Waals surface area contributed by atoms with Crippen molar-refractivity contribution in [2.75, 3.05) is 13.1 Å². The first-order chi connectivity index (χ1) is 14.6. The summed E-state index contributed by atoms with van der Waals surface area (Å²) in [6, 6.07) is 17.0. The molecule has 0 radical (unpaired) electrons. The number of hydrogen-bond donors (Lipinski definition) is 2. The molecule has 1 aliphatic heterocycles. The summed E-state index contributed by atoms with van der Waals surface area (Å²) in [4.78, 5) is 23.2. The number of nitrogens with one attached hydrogen (secondary N) is 2. The first-order valence-electron chi connectivity index (χ1n) is 11.1. The van der Waals surface area contributed by atoms with Gasteiger partial charge in [-0.2, -0.15) is 0 Å². The van der Waals surface area contributed by atoms with Crippen molar-refractivity contribution in [1.29, 1.82) is 0 Å². The predicted octanol–water partition coefficient (Wildman–Crippen LogP) is 4.22. The largest absolute Gasteiger partial charge is 0.353 e. The average molecular weight is 405 g/mol. The summed E-state index contributed by atoms with van der Waals surface area (Å²) in [6.07, 6.45) is 3.80. The van der Waals surface area contributed by atoms with E-state index in [0.717, 1.165) is 62.2 Å². The first kappa shape index (κ1) is 20.6. The number of benzene rings is 2. The minimum absolute atomic E-state index is 0.124. The van der Waals surface area contributed by atoms with Crippen molar-refractivity contribution >= 4 is 16.9 Å². The molecule has 1 amide bonds. The van der Waals surface area contributed by atoms with Crippen LogP contribution in [0.2, 0.25) is 0 Å². The van der Waals surface area contributed by atoms with Gasteiger partial charge in [-0.3, -0.25) is 9.69 Å². The molecular formula is C25H32N4O. The standard InChI is InChI=1S/C25H32N4O/c1-18-8-11-22-23(16-18)28-24(27-22)17-29-14-12-21(13-15-29)25(30)26-19(2)9-10-20-6-4-3-5-7-20/h3-8,11,16,19,21H,9-10,12-15,17H2,1-2H3,(H,26,30)(H,27,28). The minimum atomic E-state index is 0.124. The Kier molecular flexibility index (Phi) is 6.48. The molecule has 0 spiro atoms. The Morgan fingerprint density at radius 3 is 2.73 bits per heavy atom. The Morgan fingerprint density at radius 1 is 1.20 bits per heavy atom. The number of amides is 1. The number of nitrogens with zero attached hydrogens (tertiary/aromatic N) is 2. The zero-order valence-electron chi connectivity index (χ0n) is 18.0. The van der Waals surface area contributed by atoms with Crippen LogP contribution in [0.15, 0.2) is 48.5 Å². The van der Waals surface area contributed by atoms with Crippen LogP contribution in [-0.4, -0.2) is 39.9 Å². The van der Waals surface area contributed by atoms with Gasteiger partial charge >= 0.3 is 0 Å². The van der Waals surface area contributed by atoms with Crippen LogP contribution in [0.5, 0.6) is 0 Å². The third-order valence-corrected chi connectivity index (χ3v) is 6.12. The Hall–Kier alpha value is -2.66. The molecule has 0 aliphatic carbocycles. The molecule has 0 bridgehead atoms. The van der Waals surface area contributed by atoms with Crippen LogP contribution in [0.3, 0.4) is 0 Å². The molecule has 1 atom stereocenters. The normalized spacial score (nSPS) is 16.6. The van der Waals surface area contributed by atoms with E-state index in [2.05, 4.69) is 71.5 Å². The zero-order valence-corrected chi connectivity index (χ0v) is 18.0. The molecule has 30 heavy (non-hydrogen) atoms. The lowest BCUT2D eigenvalue weighted by atomic mass is 9.95. The van der Waals surface area contributed by atoms with E-state index in [1.807, 2.05) is 6.07 Å². The van der Waals surface area contributed by atoms with E-state index < -0.39 is 0 Å². The number of aromatic nitrogens is 2. The number of hydrogen-bond acceptors (Lipinski definition) is 3. The number of aryl methyl sites for hydroxylation is 2. The molecule has 0 saturated carbocycles. The maximum Gasteiger partial charge on any atom is 0.223 e. The fraction of sp³-hybridized carbons (Fsp3) is 0.440.